The molecule has 0 aliphatic heterocycles. The second-order valence-corrected chi connectivity index (χ2v) is 4.70. The Hall–Kier alpha value is -0.610. The molecule has 0 aromatic rings. The molecule has 1 aliphatic rings. The molecule has 0 aromatic carbocycles. The van der Waals surface area contributed by atoms with E-state index in [-0.39, 0.29) is 11.9 Å². The first-order valence-corrected chi connectivity index (χ1v) is 5.59. The molecular formula is C11H22N2O2. The Morgan fingerprint density at radius 1 is 1.60 bits per heavy atom. The highest BCUT2D eigenvalue weighted by molar-refractivity contribution is 5.74. The van der Waals surface area contributed by atoms with E-state index < -0.39 is 0 Å². The zero-order valence-corrected chi connectivity index (χ0v) is 9.71. The molecular weight excluding hydrogens is 192 g/mol. The Morgan fingerprint density at radius 3 is 2.73 bits per heavy atom. The van der Waals surface area contributed by atoms with E-state index in [1.807, 2.05) is 6.92 Å². The van der Waals surface area contributed by atoms with E-state index >= 15 is 0 Å². The molecule has 4 nitrogen and oxygen atoms in total. The highest BCUT2D eigenvalue weighted by Crippen LogP contribution is 2.48. The lowest BCUT2D eigenvalue weighted by molar-refractivity contribution is -0.118. The number of carbonyl (C=O) groups is 1. The second-order valence-electron chi connectivity index (χ2n) is 4.70. The van der Waals surface area contributed by atoms with Crippen LogP contribution in [0.5, 0.6) is 0 Å². The first kappa shape index (κ1) is 12.5. The average Bonchev–Trinajstić information content (AvgIpc) is 2.92. The van der Waals surface area contributed by atoms with E-state index in [9.17, 15) is 4.79 Å². The highest BCUT2D eigenvalue weighted by Gasteiger charge is 2.41. The van der Waals surface area contributed by atoms with Crippen molar-refractivity contribution >= 4 is 5.91 Å². The Morgan fingerprint density at radius 2 is 2.27 bits per heavy atom. The van der Waals surface area contributed by atoms with E-state index in [0.717, 1.165) is 19.6 Å². The summed E-state index contributed by atoms with van der Waals surface area (Å²) >= 11 is 0. The van der Waals surface area contributed by atoms with Gasteiger partial charge in [0.2, 0.25) is 5.91 Å². The molecule has 0 heterocycles. The van der Waals surface area contributed by atoms with Crippen LogP contribution in [0.3, 0.4) is 0 Å². The standard InChI is InChI=1S/C11H22N2O2/c1-9(7-10(12)14)13-8-11(3-4-11)5-6-15-2/h9,13H,3-8H2,1-2H3,(H2,12,14). The van der Waals surface area contributed by atoms with Gasteiger partial charge in [0.05, 0.1) is 0 Å². The van der Waals surface area contributed by atoms with Crippen LogP contribution in [0.25, 0.3) is 0 Å². The van der Waals surface area contributed by atoms with Gasteiger partial charge in [-0.25, -0.2) is 0 Å². The van der Waals surface area contributed by atoms with E-state index in [1.54, 1.807) is 7.11 Å². The van der Waals surface area contributed by atoms with Crippen molar-refractivity contribution in [1.29, 1.82) is 0 Å². The fourth-order valence-corrected chi connectivity index (χ4v) is 1.78. The van der Waals surface area contributed by atoms with Crippen molar-refractivity contribution in [2.45, 2.75) is 38.6 Å². The topological polar surface area (TPSA) is 64.3 Å². The van der Waals surface area contributed by atoms with Gasteiger partial charge < -0.3 is 15.8 Å². The maximum Gasteiger partial charge on any atom is 0.218 e. The molecule has 88 valence electrons. The monoisotopic (exact) mass is 214 g/mol. The third-order valence-electron chi connectivity index (χ3n) is 3.13. The number of hydrogen-bond acceptors (Lipinski definition) is 3. The van der Waals surface area contributed by atoms with Crippen molar-refractivity contribution in [3.05, 3.63) is 0 Å². The predicted octanol–water partition coefficient (Wildman–Crippen LogP) is 0.657. The van der Waals surface area contributed by atoms with Crippen molar-refractivity contribution < 1.29 is 9.53 Å². The van der Waals surface area contributed by atoms with Crippen molar-refractivity contribution in [3.63, 3.8) is 0 Å². The van der Waals surface area contributed by atoms with E-state index in [0.29, 0.717) is 11.8 Å². The first-order valence-electron chi connectivity index (χ1n) is 5.59. The Bertz CT molecular complexity index is 215. The van der Waals surface area contributed by atoms with Gasteiger partial charge in [-0.1, -0.05) is 0 Å². The molecule has 3 N–H and O–H groups in total. The van der Waals surface area contributed by atoms with Gasteiger partial charge in [-0.2, -0.15) is 0 Å². The lowest BCUT2D eigenvalue weighted by atomic mass is 10.0. The summed E-state index contributed by atoms with van der Waals surface area (Å²) in [6, 6.07) is 0.183. The van der Waals surface area contributed by atoms with Crippen LogP contribution in [-0.4, -0.2) is 32.2 Å². The first-order chi connectivity index (χ1) is 7.08. The maximum absolute atomic E-state index is 10.7. The van der Waals surface area contributed by atoms with Gasteiger partial charge in [-0.15, -0.1) is 0 Å². The van der Waals surface area contributed by atoms with Crippen LogP contribution < -0.4 is 11.1 Å². The van der Waals surface area contributed by atoms with Crippen molar-refractivity contribution in [1.82, 2.24) is 5.32 Å². The summed E-state index contributed by atoms with van der Waals surface area (Å²) in [4.78, 5) is 10.7. The molecule has 1 saturated carbocycles. The van der Waals surface area contributed by atoms with Crippen LogP contribution in [-0.2, 0) is 9.53 Å². The van der Waals surface area contributed by atoms with E-state index in [1.165, 1.54) is 12.8 Å². The molecule has 1 atom stereocenters. The number of nitrogens with two attached hydrogens (primary N) is 1. The average molecular weight is 214 g/mol. The number of ether oxygens (including phenoxy) is 1. The third-order valence-corrected chi connectivity index (χ3v) is 3.13. The lowest BCUT2D eigenvalue weighted by Gasteiger charge is -2.19. The van der Waals surface area contributed by atoms with Crippen molar-refractivity contribution in [2.75, 3.05) is 20.3 Å². The molecule has 0 radical (unpaired) electrons. The Balaban J connectivity index is 2.15. The quantitative estimate of drug-likeness (QED) is 0.624. The number of hydrogen-bond donors (Lipinski definition) is 2. The van der Waals surface area contributed by atoms with E-state index in [2.05, 4.69) is 5.32 Å². The second kappa shape index (κ2) is 5.47. The van der Waals surface area contributed by atoms with Gasteiger partial charge in [0.1, 0.15) is 0 Å². The molecule has 0 bridgehead atoms. The van der Waals surface area contributed by atoms with Crippen LogP contribution in [0, 0.1) is 5.41 Å². The zero-order valence-electron chi connectivity index (χ0n) is 9.71. The summed E-state index contributed by atoms with van der Waals surface area (Å²) in [5, 5.41) is 3.37. The Labute approximate surface area is 91.5 Å². The summed E-state index contributed by atoms with van der Waals surface area (Å²) in [6.07, 6.45) is 4.07. The number of carbonyl (C=O) groups excluding carboxylic acids is 1. The number of primary amides is 1. The molecule has 15 heavy (non-hydrogen) atoms. The number of nitrogens with one attached hydrogen (secondary N) is 1. The minimum Gasteiger partial charge on any atom is -0.385 e. The highest BCUT2D eigenvalue weighted by atomic mass is 16.5. The zero-order chi connectivity index (χ0) is 11.3. The molecule has 1 unspecified atom stereocenters. The summed E-state index contributed by atoms with van der Waals surface area (Å²) < 4.78 is 5.09. The predicted molar refractivity (Wildman–Crippen MR) is 59.4 cm³/mol. The number of amides is 1. The summed E-state index contributed by atoms with van der Waals surface area (Å²) in [6.45, 7) is 3.80. The summed E-state index contributed by atoms with van der Waals surface area (Å²) in [7, 11) is 1.74. The minimum absolute atomic E-state index is 0.183. The van der Waals surface area contributed by atoms with Crippen LogP contribution in [0.1, 0.15) is 32.6 Å². The lowest BCUT2D eigenvalue weighted by Crippen LogP contribution is -2.35. The summed E-state index contributed by atoms with van der Waals surface area (Å²) in [5.41, 5.74) is 5.56. The van der Waals surface area contributed by atoms with Crippen LogP contribution in [0.2, 0.25) is 0 Å². The van der Waals surface area contributed by atoms with Crippen LogP contribution in [0.4, 0.5) is 0 Å². The molecule has 0 aromatic heterocycles. The smallest absolute Gasteiger partial charge is 0.218 e. The molecule has 0 spiro atoms. The number of rotatable bonds is 8. The fraction of sp³-hybridized carbons (Fsp3) is 0.909. The van der Waals surface area contributed by atoms with Gasteiger partial charge in [0, 0.05) is 32.7 Å². The molecule has 1 aliphatic carbocycles. The molecule has 1 rings (SSSR count). The third kappa shape index (κ3) is 4.62. The Kier molecular flexibility index (Phi) is 4.54. The largest absolute Gasteiger partial charge is 0.385 e. The summed E-state index contributed by atoms with van der Waals surface area (Å²) in [5.74, 6) is -0.239. The van der Waals surface area contributed by atoms with Gasteiger partial charge >= 0.3 is 0 Å². The number of methoxy groups -OCH3 is 1. The van der Waals surface area contributed by atoms with Crippen molar-refractivity contribution in [3.8, 4) is 0 Å². The van der Waals surface area contributed by atoms with E-state index in [4.69, 9.17) is 10.5 Å². The van der Waals surface area contributed by atoms with Gasteiger partial charge in [0.25, 0.3) is 0 Å². The SMILES string of the molecule is COCCC1(CNC(C)CC(N)=O)CC1. The van der Waals surface area contributed by atoms with Crippen LogP contribution in [0.15, 0.2) is 0 Å². The van der Waals surface area contributed by atoms with Gasteiger partial charge in [0.15, 0.2) is 0 Å². The van der Waals surface area contributed by atoms with Crippen molar-refractivity contribution in [2.24, 2.45) is 11.1 Å². The fourth-order valence-electron chi connectivity index (χ4n) is 1.78. The minimum atomic E-state index is -0.239. The molecule has 1 fully saturated rings. The molecule has 4 heteroatoms. The molecule has 0 saturated heterocycles. The molecule has 1 amide bonds. The van der Waals surface area contributed by atoms with Gasteiger partial charge in [-0.3, -0.25) is 4.79 Å². The van der Waals surface area contributed by atoms with Crippen LogP contribution >= 0.6 is 0 Å². The maximum atomic E-state index is 10.7. The normalized spacial score (nSPS) is 19.9. The van der Waals surface area contributed by atoms with Gasteiger partial charge in [-0.05, 0) is 31.6 Å².